The molecule has 0 unspecified atom stereocenters. The zero-order valence-corrected chi connectivity index (χ0v) is 10.8. The Morgan fingerprint density at radius 1 is 1.25 bits per heavy atom. The van der Waals surface area contributed by atoms with E-state index in [0.29, 0.717) is 34.9 Å². The van der Waals surface area contributed by atoms with Crippen LogP contribution in [0, 0.1) is 6.92 Å². The maximum Gasteiger partial charge on any atom is 0.183 e. The van der Waals surface area contributed by atoms with Crippen molar-refractivity contribution in [1.29, 1.82) is 0 Å². The number of phenols is 2. The van der Waals surface area contributed by atoms with E-state index in [2.05, 4.69) is 25.3 Å². The molecule has 1 aromatic carbocycles. The number of H-pyrrole nitrogens is 1. The smallest absolute Gasteiger partial charge is 0.183 e. The van der Waals surface area contributed by atoms with Crippen molar-refractivity contribution >= 4 is 17.0 Å². The van der Waals surface area contributed by atoms with Gasteiger partial charge in [0.05, 0.1) is 6.33 Å². The second kappa shape index (κ2) is 4.69. The van der Waals surface area contributed by atoms with Crippen molar-refractivity contribution in [2.75, 3.05) is 5.32 Å². The Balaban J connectivity index is 1.90. The summed E-state index contributed by atoms with van der Waals surface area (Å²) in [5.41, 5.74) is 1.87. The van der Waals surface area contributed by atoms with Crippen molar-refractivity contribution in [2.24, 2.45) is 0 Å². The van der Waals surface area contributed by atoms with Gasteiger partial charge >= 0.3 is 0 Å². The number of rotatable bonds is 3. The average Bonchev–Trinajstić information content (AvgIpc) is 2.88. The van der Waals surface area contributed by atoms with Crippen LogP contribution in [0.2, 0.25) is 0 Å². The molecule has 0 bridgehead atoms. The van der Waals surface area contributed by atoms with Crippen LogP contribution in [0.4, 0.5) is 5.82 Å². The third kappa shape index (κ3) is 2.09. The number of benzene rings is 1. The number of para-hydroxylation sites is 1. The predicted octanol–water partition coefficient (Wildman–Crippen LogP) is 1.68. The predicted molar refractivity (Wildman–Crippen MR) is 73.5 cm³/mol. The molecule has 0 spiro atoms. The highest BCUT2D eigenvalue weighted by Gasteiger charge is 2.10. The highest BCUT2D eigenvalue weighted by Crippen LogP contribution is 2.29. The van der Waals surface area contributed by atoms with E-state index >= 15 is 0 Å². The molecule has 0 atom stereocenters. The van der Waals surface area contributed by atoms with Crippen LogP contribution in [0.25, 0.3) is 11.2 Å². The molecule has 20 heavy (non-hydrogen) atoms. The molecule has 7 heteroatoms. The van der Waals surface area contributed by atoms with E-state index in [-0.39, 0.29) is 11.5 Å². The van der Waals surface area contributed by atoms with Crippen LogP contribution in [0.3, 0.4) is 0 Å². The minimum atomic E-state index is -0.144. The number of hydrogen-bond donors (Lipinski definition) is 4. The zero-order valence-electron chi connectivity index (χ0n) is 10.8. The van der Waals surface area contributed by atoms with Crippen LogP contribution >= 0.6 is 0 Å². The topological polar surface area (TPSA) is 107 Å². The summed E-state index contributed by atoms with van der Waals surface area (Å²) >= 11 is 0. The van der Waals surface area contributed by atoms with E-state index < -0.39 is 0 Å². The van der Waals surface area contributed by atoms with E-state index in [9.17, 15) is 10.2 Å². The molecule has 0 aliphatic rings. The molecule has 2 aromatic heterocycles. The molecule has 2 heterocycles. The number of aryl methyl sites for hydroxylation is 1. The van der Waals surface area contributed by atoms with Crippen LogP contribution < -0.4 is 5.32 Å². The molecular weight excluding hydrogens is 258 g/mol. The molecule has 0 radical (unpaired) electrons. The standard InChI is InChI=1S/C13H13N5O2/c1-7-17-12(10-13(18-7)16-6-15-10)14-5-8-3-2-4-9(19)11(8)20/h2-4,6,19-20H,5H2,1H3,(H2,14,15,16,17,18). The summed E-state index contributed by atoms with van der Waals surface area (Å²) in [4.78, 5) is 15.6. The van der Waals surface area contributed by atoms with Crippen LogP contribution in [-0.4, -0.2) is 30.1 Å². The molecular formula is C13H13N5O2. The van der Waals surface area contributed by atoms with E-state index in [4.69, 9.17) is 0 Å². The summed E-state index contributed by atoms with van der Waals surface area (Å²) in [5, 5.41) is 22.3. The van der Waals surface area contributed by atoms with Gasteiger partial charge in [0.15, 0.2) is 23.0 Å². The largest absolute Gasteiger partial charge is 0.504 e. The van der Waals surface area contributed by atoms with E-state index in [1.54, 1.807) is 25.4 Å². The van der Waals surface area contributed by atoms with Crippen molar-refractivity contribution in [3.05, 3.63) is 35.9 Å². The molecule has 0 amide bonds. The van der Waals surface area contributed by atoms with E-state index in [0.717, 1.165) is 0 Å². The number of anilines is 1. The Kier molecular flexibility index (Phi) is 2.86. The third-order valence-corrected chi connectivity index (χ3v) is 2.94. The molecule has 4 N–H and O–H groups in total. The molecule has 3 aromatic rings. The van der Waals surface area contributed by atoms with Crippen molar-refractivity contribution in [3.8, 4) is 11.5 Å². The van der Waals surface area contributed by atoms with Crippen molar-refractivity contribution in [1.82, 2.24) is 19.9 Å². The van der Waals surface area contributed by atoms with Gasteiger partial charge in [-0.15, -0.1) is 0 Å². The Morgan fingerprint density at radius 3 is 2.95 bits per heavy atom. The fourth-order valence-electron chi connectivity index (χ4n) is 1.97. The SMILES string of the molecule is Cc1nc(NCc2cccc(O)c2O)c2[nH]cnc2n1. The van der Waals surface area contributed by atoms with E-state index in [1.165, 1.54) is 6.07 Å². The normalized spacial score (nSPS) is 10.8. The highest BCUT2D eigenvalue weighted by molar-refractivity contribution is 5.82. The number of aromatic hydroxyl groups is 2. The van der Waals surface area contributed by atoms with Crippen molar-refractivity contribution in [3.63, 3.8) is 0 Å². The lowest BCUT2D eigenvalue weighted by Crippen LogP contribution is -2.04. The van der Waals surface area contributed by atoms with Crippen molar-refractivity contribution in [2.45, 2.75) is 13.5 Å². The number of fused-ring (bicyclic) bond motifs is 1. The summed E-state index contributed by atoms with van der Waals surface area (Å²) in [7, 11) is 0. The van der Waals surface area contributed by atoms with Crippen LogP contribution in [0.15, 0.2) is 24.5 Å². The summed E-state index contributed by atoms with van der Waals surface area (Å²) in [6.07, 6.45) is 1.55. The Labute approximate surface area is 114 Å². The summed E-state index contributed by atoms with van der Waals surface area (Å²) in [6.45, 7) is 2.11. The van der Waals surface area contributed by atoms with Gasteiger partial charge in [-0.2, -0.15) is 0 Å². The van der Waals surface area contributed by atoms with Gasteiger partial charge in [-0.3, -0.25) is 0 Å². The van der Waals surface area contributed by atoms with Gasteiger partial charge in [-0.25, -0.2) is 15.0 Å². The Hall–Kier alpha value is -2.83. The molecule has 0 saturated carbocycles. The molecule has 3 rings (SSSR count). The lowest BCUT2D eigenvalue weighted by atomic mass is 10.2. The van der Waals surface area contributed by atoms with Gasteiger partial charge in [-0.1, -0.05) is 12.1 Å². The van der Waals surface area contributed by atoms with Crippen LogP contribution in [-0.2, 0) is 6.54 Å². The zero-order chi connectivity index (χ0) is 14.1. The summed E-state index contributed by atoms with van der Waals surface area (Å²) in [5.74, 6) is 0.932. The lowest BCUT2D eigenvalue weighted by molar-refractivity contribution is 0.400. The number of nitrogens with zero attached hydrogens (tertiary/aromatic N) is 3. The monoisotopic (exact) mass is 271 g/mol. The number of hydrogen-bond acceptors (Lipinski definition) is 6. The highest BCUT2D eigenvalue weighted by atomic mass is 16.3. The fourth-order valence-corrected chi connectivity index (χ4v) is 1.97. The van der Waals surface area contributed by atoms with Gasteiger partial charge in [0.25, 0.3) is 0 Å². The third-order valence-electron chi connectivity index (χ3n) is 2.94. The fraction of sp³-hybridized carbons (Fsp3) is 0.154. The number of phenolic OH excluding ortho intramolecular Hbond substituents is 2. The maximum absolute atomic E-state index is 9.76. The summed E-state index contributed by atoms with van der Waals surface area (Å²) < 4.78 is 0. The number of aromatic nitrogens is 4. The van der Waals surface area contributed by atoms with Gasteiger partial charge < -0.3 is 20.5 Å². The molecule has 0 aliphatic heterocycles. The average molecular weight is 271 g/mol. The first kappa shape index (κ1) is 12.2. The number of nitrogens with one attached hydrogen (secondary N) is 2. The Morgan fingerprint density at radius 2 is 2.10 bits per heavy atom. The maximum atomic E-state index is 9.76. The van der Waals surface area contributed by atoms with Gasteiger partial charge in [-0.05, 0) is 13.0 Å². The second-order valence-electron chi connectivity index (χ2n) is 4.36. The first-order chi connectivity index (χ1) is 9.65. The molecule has 7 nitrogen and oxygen atoms in total. The van der Waals surface area contributed by atoms with Gasteiger partial charge in [0.1, 0.15) is 11.3 Å². The quantitative estimate of drug-likeness (QED) is 0.540. The van der Waals surface area contributed by atoms with Crippen LogP contribution in [0.5, 0.6) is 11.5 Å². The first-order valence-corrected chi connectivity index (χ1v) is 6.06. The second-order valence-corrected chi connectivity index (χ2v) is 4.36. The van der Waals surface area contributed by atoms with Gasteiger partial charge in [0, 0.05) is 12.1 Å². The summed E-state index contributed by atoms with van der Waals surface area (Å²) in [6, 6.07) is 4.82. The molecule has 0 aliphatic carbocycles. The molecule has 0 fully saturated rings. The van der Waals surface area contributed by atoms with Gasteiger partial charge in [0.2, 0.25) is 0 Å². The first-order valence-electron chi connectivity index (χ1n) is 6.06. The molecule has 0 saturated heterocycles. The van der Waals surface area contributed by atoms with Crippen molar-refractivity contribution < 1.29 is 10.2 Å². The van der Waals surface area contributed by atoms with Crippen LogP contribution in [0.1, 0.15) is 11.4 Å². The van der Waals surface area contributed by atoms with E-state index in [1.807, 2.05) is 0 Å². The number of imidazole rings is 1. The number of aromatic amines is 1. The lowest BCUT2D eigenvalue weighted by Gasteiger charge is -2.09. The molecule has 102 valence electrons. The minimum Gasteiger partial charge on any atom is -0.504 e. The minimum absolute atomic E-state index is 0.133. The Bertz CT molecular complexity index is 769.